The van der Waals surface area contributed by atoms with Crippen LogP contribution in [0.15, 0.2) is 41.4 Å². The third-order valence-electron chi connectivity index (χ3n) is 3.20. The van der Waals surface area contributed by atoms with Gasteiger partial charge in [0.1, 0.15) is 5.84 Å². The number of hydrogen-bond donors (Lipinski definition) is 1. The lowest BCUT2D eigenvalue weighted by molar-refractivity contribution is 1.02. The number of fused-ring (bicyclic) bond motifs is 3. The highest BCUT2D eigenvalue weighted by Gasteiger charge is 2.14. The molecule has 0 spiro atoms. The molecule has 0 saturated carbocycles. The van der Waals surface area contributed by atoms with Gasteiger partial charge in [-0.3, -0.25) is 4.99 Å². The Kier molecular flexibility index (Phi) is 3.66. The summed E-state index contributed by atoms with van der Waals surface area (Å²) in [5.74, 6) is 1.09. The molecule has 17 heavy (non-hydrogen) atoms. The molecule has 0 fully saturated rings. The van der Waals surface area contributed by atoms with E-state index in [1.165, 1.54) is 22.0 Å². The van der Waals surface area contributed by atoms with Gasteiger partial charge in [0, 0.05) is 19.2 Å². The summed E-state index contributed by atoms with van der Waals surface area (Å²) in [6, 6.07) is 12.9. The molecule has 0 aromatic heterocycles. The quantitative estimate of drug-likeness (QED) is 0.725. The molecule has 0 bridgehead atoms. The molecule has 0 saturated heterocycles. The molecule has 0 aliphatic carbocycles. The predicted octanol–water partition coefficient (Wildman–Crippen LogP) is 3.84. The summed E-state index contributed by atoms with van der Waals surface area (Å²) in [4.78, 5) is 4.23. The minimum Gasteiger partial charge on any atom is -0.344 e. The number of amidine groups is 1. The number of nitrogens with one attached hydrogen (secondary N) is 1. The van der Waals surface area contributed by atoms with E-state index in [0.29, 0.717) is 0 Å². The van der Waals surface area contributed by atoms with Crippen LogP contribution in [0.3, 0.4) is 0 Å². The minimum absolute atomic E-state index is 0. The van der Waals surface area contributed by atoms with E-state index in [0.717, 1.165) is 18.7 Å². The van der Waals surface area contributed by atoms with Crippen LogP contribution in [0.4, 0.5) is 5.69 Å². The van der Waals surface area contributed by atoms with E-state index in [2.05, 4.69) is 46.7 Å². The lowest BCUT2D eigenvalue weighted by Gasteiger charge is -2.21. The number of rotatable bonds is 0. The lowest BCUT2D eigenvalue weighted by atomic mass is 9.96. The van der Waals surface area contributed by atoms with Gasteiger partial charge in [0.2, 0.25) is 0 Å². The average molecular weight is 338 g/mol. The van der Waals surface area contributed by atoms with Crippen LogP contribution in [0.2, 0.25) is 0 Å². The Morgan fingerprint density at radius 1 is 1.06 bits per heavy atom. The van der Waals surface area contributed by atoms with Crippen molar-refractivity contribution in [1.29, 1.82) is 0 Å². The fraction of sp³-hybridized carbons (Fsp3) is 0.214. The van der Waals surface area contributed by atoms with Crippen molar-refractivity contribution in [2.75, 3.05) is 12.4 Å². The third kappa shape index (κ3) is 2.16. The van der Waals surface area contributed by atoms with Gasteiger partial charge in [0.15, 0.2) is 0 Å². The van der Waals surface area contributed by atoms with Crippen molar-refractivity contribution in [2.24, 2.45) is 4.99 Å². The first-order valence-electron chi connectivity index (χ1n) is 5.62. The molecular weight excluding hydrogens is 323 g/mol. The second-order valence-corrected chi connectivity index (χ2v) is 4.11. The third-order valence-corrected chi connectivity index (χ3v) is 3.20. The molecule has 1 heterocycles. The van der Waals surface area contributed by atoms with Crippen LogP contribution in [0.25, 0.3) is 10.8 Å². The van der Waals surface area contributed by atoms with Gasteiger partial charge in [-0.05, 0) is 28.8 Å². The second kappa shape index (κ2) is 5.04. The van der Waals surface area contributed by atoms with Gasteiger partial charge in [0.05, 0.1) is 0 Å². The van der Waals surface area contributed by atoms with Crippen molar-refractivity contribution >= 4 is 46.3 Å². The van der Waals surface area contributed by atoms with Crippen molar-refractivity contribution in [3.63, 3.8) is 0 Å². The SMILES string of the molecule is CN=C1CCc2c(ccc3ccccc23)N1.I. The Hall–Kier alpha value is -1.10. The highest BCUT2D eigenvalue weighted by atomic mass is 127. The molecule has 3 heteroatoms. The van der Waals surface area contributed by atoms with Crippen molar-refractivity contribution < 1.29 is 0 Å². The number of hydrogen-bond acceptors (Lipinski definition) is 1. The maximum atomic E-state index is 4.23. The van der Waals surface area contributed by atoms with E-state index in [-0.39, 0.29) is 24.0 Å². The van der Waals surface area contributed by atoms with Gasteiger partial charge < -0.3 is 5.32 Å². The zero-order valence-electron chi connectivity index (χ0n) is 9.73. The average Bonchev–Trinajstić information content (AvgIpc) is 2.38. The van der Waals surface area contributed by atoms with Gasteiger partial charge in [-0.15, -0.1) is 24.0 Å². The van der Waals surface area contributed by atoms with E-state index in [9.17, 15) is 0 Å². The number of anilines is 1. The highest BCUT2D eigenvalue weighted by Crippen LogP contribution is 2.30. The summed E-state index contributed by atoms with van der Waals surface area (Å²) in [7, 11) is 1.84. The Morgan fingerprint density at radius 2 is 1.88 bits per heavy atom. The maximum absolute atomic E-state index is 4.23. The fourth-order valence-electron chi connectivity index (χ4n) is 2.35. The summed E-state index contributed by atoms with van der Waals surface area (Å²) in [5, 5.41) is 6.07. The van der Waals surface area contributed by atoms with E-state index in [1.54, 1.807) is 0 Å². The van der Waals surface area contributed by atoms with Gasteiger partial charge in [-0.2, -0.15) is 0 Å². The number of halogens is 1. The van der Waals surface area contributed by atoms with Crippen LogP contribution in [0, 0.1) is 0 Å². The first-order chi connectivity index (χ1) is 7.88. The van der Waals surface area contributed by atoms with Crippen molar-refractivity contribution in [3.05, 3.63) is 42.0 Å². The van der Waals surface area contributed by atoms with E-state index >= 15 is 0 Å². The van der Waals surface area contributed by atoms with Gasteiger partial charge in [0.25, 0.3) is 0 Å². The number of aliphatic imine (C=N–C) groups is 1. The zero-order valence-corrected chi connectivity index (χ0v) is 12.1. The van der Waals surface area contributed by atoms with Crippen LogP contribution in [0.1, 0.15) is 12.0 Å². The summed E-state index contributed by atoms with van der Waals surface area (Å²) in [6.45, 7) is 0. The molecule has 2 aromatic rings. The molecule has 0 amide bonds. The Morgan fingerprint density at radius 3 is 2.71 bits per heavy atom. The molecule has 1 aliphatic heterocycles. The van der Waals surface area contributed by atoms with Crippen molar-refractivity contribution in [1.82, 2.24) is 0 Å². The monoisotopic (exact) mass is 338 g/mol. The largest absolute Gasteiger partial charge is 0.344 e. The summed E-state index contributed by atoms with van der Waals surface area (Å²) < 4.78 is 0. The van der Waals surface area contributed by atoms with Crippen LogP contribution in [-0.4, -0.2) is 12.9 Å². The maximum Gasteiger partial charge on any atom is 0.101 e. The summed E-state index contributed by atoms with van der Waals surface area (Å²) >= 11 is 0. The van der Waals surface area contributed by atoms with Gasteiger partial charge >= 0.3 is 0 Å². The predicted molar refractivity (Wildman–Crippen MR) is 84.7 cm³/mol. The van der Waals surface area contributed by atoms with Crippen LogP contribution in [-0.2, 0) is 6.42 Å². The standard InChI is InChI=1S/C14H14N2.HI/c1-15-14-9-7-12-11-5-3-2-4-10(11)6-8-13(12)16-14;/h2-6,8H,7,9H2,1H3,(H,15,16);1H. The molecule has 2 aromatic carbocycles. The molecule has 0 unspecified atom stereocenters. The topological polar surface area (TPSA) is 24.4 Å². The number of aryl methyl sites for hydroxylation is 1. The molecule has 1 N–H and O–H groups in total. The Labute approximate surface area is 118 Å². The molecule has 2 nitrogen and oxygen atoms in total. The first-order valence-corrected chi connectivity index (χ1v) is 5.62. The molecule has 0 atom stereocenters. The Balaban J connectivity index is 0.00000108. The fourth-order valence-corrected chi connectivity index (χ4v) is 2.35. The molecule has 88 valence electrons. The zero-order chi connectivity index (χ0) is 11.0. The van der Waals surface area contributed by atoms with Crippen LogP contribution >= 0.6 is 24.0 Å². The first kappa shape index (κ1) is 12.4. The Bertz CT molecular complexity index is 575. The van der Waals surface area contributed by atoms with Crippen LogP contribution < -0.4 is 5.32 Å². The summed E-state index contributed by atoms with van der Waals surface area (Å²) in [6.07, 6.45) is 2.09. The smallest absolute Gasteiger partial charge is 0.101 e. The second-order valence-electron chi connectivity index (χ2n) is 4.11. The van der Waals surface area contributed by atoms with Crippen molar-refractivity contribution in [2.45, 2.75) is 12.8 Å². The molecule has 1 aliphatic rings. The summed E-state index contributed by atoms with van der Waals surface area (Å²) in [5.41, 5.74) is 2.64. The minimum atomic E-state index is 0. The van der Waals surface area contributed by atoms with Crippen LogP contribution in [0.5, 0.6) is 0 Å². The van der Waals surface area contributed by atoms with Gasteiger partial charge in [-0.25, -0.2) is 0 Å². The molecule has 3 rings (SSSR count). The lowest BCUT2D eigenvalue weighted by Crippen LogP contribution is -2.19. The van der Waals surface area contributed by atoms with Crippen molar-refractivity contribution in [3.8, 4) is 0 Å². The molecule has 0 radical (unpaired) electrons. The normalized spacial score (nSPS) is 16.2. The van der Waals surface area contributed by atoms with E-state index in [4.69, 9.17) is 0 Å². The number of nitrogens with zero attached hydrogens (tertiary/aromatic N) is 1. The van der Waals surface area contributed by atoms with E-state index in [1.807, 2.05) is 7.05 Å². The van der Waals surface area contributed by atoms with E-state index < -0.39 is 0 Å². The highest BCUT2D eigenvalue weighted by molar-refractivity contribution is 14.0. The van der Waals surface area contributed by atoms with Gasteiger partial charge in [-0.1, -0.05) is 30.3 Å². The number of benzene rings is 2. The molecular formula is C14H15IN2.